The van der Waals surface area contributed by atoms with Gasteiger partial charge in [-0.05, 0) is 39.0 Å². The second-order valence-corrected chi connectivity index (χ2v) is 5.39. The van der Waals surface area contributed by atoms with Gasteiger partial charge in [0.15, 0.2) is 0 Å². The molecule has 0 aliphatic carbocycles. The zero-order valence-corrected chi connectivity index (χ0v) is 13.7. The molecule has 5 heteroatoms. The fourth-order valence-corrected chi connectivity index (χ4v) is 2.71. The molecule has 0 spiro atoms. The van der Waals surface area contributed by atoms with Crippen molar-refractivity contribution in [3.63, 3.8) is 0 Å². The average molecular weight is 314 g/mol. The van der Waals surface area contributed by atoms with Crippen molar-refractivity contribution in [3.05, 3.63) is 39.8 Å². The molecule has 1 aromatic heterocycles. The number of aromatic nitrogens is 1. The van der Waals surface area contributed by atoms with Crippen LogP contribution in [0.3, 0.4) is 0 Å². The van der Waals surface area contributed by atoms with Crippen LogP contribution in [-0.4, -0.2) is 18.2 Å². The molecule has 0 N–H and O–H groups in total. The predicted octanol–water partition coefficient (Wildman–Crippen LogP) is 4.31. The summed E-state index contributed by atoms with van der Waals surface area (Å²) >= 11 is 1.46. The van der Waals surface area contributed by atoms with Crippen molar-refractivity contribution in [2.75, 3.05) is 13.2 Å². The molecule has 2 rings (SSSR count). The number of thiazole rings is 1. The van der Waals surface area contributed by atoms with E-state index in [2.05, 4.69) is 11.1 Å². The Morgan fingerprint density at radius 1 is 1.32 bits per heavy atom. The summed E-state index contributed by atoms with van der Waals surface area (Å²) in [6.07, 6.45) is 1.80. The third-order valence-electron chi connectivity index (χ3n) is 2.87. The van der Waals surface area contributed by atoms with Gasteiger partial charge in [-0.3, -0.25) is 0 Å². The molecule has 0 amide bonds. The Balaban J connectivity index is 2.41. The molecular weight excluding hydrogens is 296 g/mol. The molecule has 0 aliphatic rings. The standard InChI is InChI=1S/C17H18N2O2S/c1-4-20-15-7-6-13(16(9-15)21-5-2)8-14(10-18)17-19-12(3)11-22-17/h6-9,11H,4-5H2,1-3H3/b14-8-. The van der Waals surface area contributed by atoms with Crippen LogP contribution >= 0.6 is 11.3 Å². The number of nitriles is 1. The summed E-state index contributed by atoms with van der Waals surface area (Å²) in [7, 11) is 0. The third kappa shape index (κ3) is 3.86. The highest BCUT2D eigenvalue weighted by Crippen LogP contribution is 2.29. The number of nitrogens with zero attached hydrogens (tertiary/aromatic N) is 2. The Morgan fingerprint density at radius 2 is 2.09 bits per heavy atom. The van der Waals surface area contributed by atoms with Gasteiger partial charge in [0.25, 0.3) is 0 Å². The van der Waals surface area contributed by atoms with Gasteiger partial charge in [-0.2, -0.15) is 5.26 Å². The van der Waals surface area contributed by atoms with E-state index in [9.17, 15) is 5.26 Å². The first kappa shape index (κ1) is 16.1. The summed E-state index contributed by atoms with van der Waals surface area (Å²) in [5.74, 6) is 1.46. The molecule has 0 radical (unpaired) electrons. The van der Waals surface area contributed by atoms with E-state index in [0.717, 1.165) is 22.0 Å². The van der Waals surface area contributed by atoms with E-state index in [0.29, 0.717) is 24.5 Å². The second-order valence-electron chi connectivity index (χ2n) is 4.53. The smallest absolute Gasteiger partial charge is 0.134 e. The summed E-state index contributed by atoms with van der Waals surface area (Å²) in [5.41, 5.74) is 2.29. The topological polar surface area (TPSA) is 55.1 Å². The number of benzene rings is 1. The van der Waals surface area contributed by atoms with Crippen LogP contribution in [0.4, 0.5) is 0 Å². The van der Waals surface area contributed by atoms with Gasteiger partial charge in [0, 0.05) is 22.7 Å². The maximum absolute atomic E-state index is 9.39. The molecule has 0 saturated carbocycles. The summed E-state index contributed by atoms with van der Waals surface area (Å²) in [6, 6.07) is 7.83. The lowest BCUT2D eigenvalue weighted by Crippen LogP contribution is -1.97. The SMILES string of the molecule is CCOc1ccc(/C=C(/C#N)c2nc(C)cs2)c(OCC)c1. The molecule has 0 saturated heterocycles. The van der Waals surface area contributed by atoms with E-state index < -0.39 is 0 Å². The molecule has 4 nitrogen and oxygen atoms in total. The molecule has 0 unspecified atom stereocenters. The fourth-order valence-electron chi connectivity index (χ4n) is 1.95. The van der Waals surface area contributed by atoms with Crippen molar-refractivity contribution < 1.29 is 9.47 Å². The summed E-state index contributed by atoms with van der Waals surface area (Å²) in [5, 5.41) is 12.0. The van der Waals surface area contributed by atoms with Crippen LogP contribution in [-0.2, 0) is 0 Å². The number of allylic oxidation sites excluding steroid dienone is 1. The molecule has 2 aromatic rings. The zero-order valence-electron chi connectivity index (χ0n) is 12.9. The van der Waals surface area contributed by atoms with E-state index in [-0.39, 0.29) is 0 Å². The number of rotatable bonds is 6. The van der Waals surface area contributed by atoms with Gasteiger partial charge in [0.1, 0.15) is 22.6 Å². The average Bonchev–Trinajstić information content (AvgIpc) is 2.93. The molecule has 0 bridgehead atoms. The van der Waals surface area contributed by atoms with Gasteiger partial charge >= 0.3 is 0 Å². The molecule has 0 aliphatic heterocycles. The lowest BCUT2D eigenvalue weighted by atomic mass is 10.1. The fraction of sp³-hybridized carbons (Fsp3) is 0.294. The molecule has 22 heavy (non-hydrogen) atoms. The molecule has 0 fully saturated rings. The number of aryl methyl sites for hydroxylation is 1. The molecular formula is C17H18N2O2S. The minimum absolute atomic E-state index is 0.531. The Bertz CT molecular complexity index is 714. The first-order chi connectivity index (χ1) is 10.7. The lowest BCUT2D eigenvalue weighted by molar-refractivity contribution is 0.322. The van der Waals surface area contributed by atoms with Crippen LogP contribution in [0.5, 0.6) is 11.5 Å². The quantitative estimate of drug-likeness (QED) is 0.745. The van der Waals surface area contributed by atoms with Crippen LogP contribution < -0.4 is 9.47 Å². The molecule has 0 atom stereocenters. The summed E-state index contributed by atoms with van der Waals surface area (Å²) in [4.78, 5) is 4.36. The van der Waals surface area contributed by atoms with Gasteiger partial charge in [0.05, 0.1) is 18.8 Å². The van der Waals surface area contributed by atoms with Crippen LogP contribution in [0.15, 0.2) is 23.6 Å². The third-order valence-corrected chi connectivity index (χ3v) is 3.86. The minimum atomic E-state index is 0.531. The first-order valence-corrected chi connectivity index (χ1v) is 7.99. The highest BCUT2D eigenvalue weighted by Gasteiger charge is 2.09. The second kappa shape index (κ2) is 7.62. The monoisotopic (exact) mass is 314 g/mol. The van der Waals surface area contributed by atoms with E-state index in [1.807, 2.05) is 44.4 Å². The zero-order chi connectivity index (χ0) is 15.9. The molecule has 114 valence electrons. The maximum Gasteiger partial charge on any atom is 0.134 e. The van der Waals surface area contributed by atoms with Gasteiger partial charge in [-0.1, -0.05) is 0 Å². The molecule has 1 heterocycles. The highest BCUT2D eigenvalue weighted by atomic mass is 32.1. The predicted molar refractivity (Wildman–Crippen MR) is 89.1 cm³/mol. The van der Waals surface area contributed by atoms with E-state index >= 15 is 0 Å². The van der Waals surface area contributed by atoms with E-state index in [4.69, 9.17) is 9.47 Å². The van der Waals surface area contributed by atoms with Crippen molar-refractivity contribution in [3.8, 4) is 17.6 Å². The van der Waals surface area contributed by atoms with Crippen molar-refractivity contribution in [2.45, 2.75) is 20.8 Å². The Morgan fingerprint density at radius 3 is 2.68 bits per heavy atom. The Kier molecular flexibility index (Phi) is 5.56. The largest absolute Gasteiger partial charge is 0.494 e. The maximum atomic E-state index is 9.39. The van der Waals surface area contributed by atoms with E-state index in [1.165, 1.54) is 11.3 Å². The van der Waals surface area contributed by atoms with E-state index in [1.54, 1.807) is 6.08 Å². The van der Waals surface area contributed by atoms with Gasteiger partial charge in [-0.15, -0.1) is 11.3 Å². The number of ether oxygens (including phenoxy) is 2. The first-order valence-electron chi connectivity index (χ1n) is 7.11. The van der Waals surface area contributed by atoms with Crippen LogP contribution in [0.25, 0.3) is 11.6 Å². The van der Waals surface area contributed by atoms with Crippen molar-refractivity contribution >= 4 is 23.0 Å². The van der Waals surface area contributed by atoms with Crippen LogP contribution in [0, 0.1) is 18.3 Å². The van der Waals surface area contributed by atoms with Crippen LogP contribution in [0.1, 0.15) is 30.1 Å². The molecule has 1 aromatic carbocycles. The van der Waals surface area contributed by atoms with Crippen molar-refractivity contribution in [1.29, 1.82) is 5.26 Å². The summed E-state index contributed by atoms with van der Waals surface area (Å²) < 4.78 is 11.2. The summed E-state index contributed by atoms with van der Waals surface area (Å²) in [6.45, 7) is 6.93. The van der Waals surface area contributed by atoms with Crippen molar-refractivity contribution in [1.82, 2.24) is 4.98 Å². The number of hydrogen-bond acceptors (Lipinski definition) is 5. The van der Waals surface area contributed by atoms with Gasteiger partial charge < -0.3 is 9.47 Å². The van der Waals surface area contributed by atoms with Gasteiger partial charge in [-0.25, -0.2) is 4.98 Å². The normalized spacial score (nSPS) is 11.1. The lowest BCUT2D eigenvalue weighted by Gasteiger charge is -2.10. The van der Waals surface area contributed by atoms with Crippen molar-refractivity contribution in [2.24, 2.45) is 0 Å². The highest BCUT2D eigenvalue weighted by molar-refractivity contribution is 7.11. The minimum Gasteiger partial charge on any atom is -0.494 e. The Labute approximate surface area is 134 Å². The van der Waals surface area contributed by atoms with Gasteiger partial charge in [0.2, 0.25) is 0 Å². The number of hydrogen-bond donors (Lipinski definition) is 0. The van der Waals surface area contributed by atoms with Crippen LogP contribution in [0.2, 0.25) is 0 Å². The Hall–Kier alpha value is -2.32.